The summed E-state index contributed by atoms with van der Waals surface area (Å²) < 4.78 is 25.0. The second kappa shape index (κ2) is 7.23. The van der Waals surface area contributed by atoms with Crippen molar-refractivity contribution in [3.05, 3.63) is 82.5 Å². The molecule has 0 aliphatic carbocycles. The van der Waals surface area contributed by atoms with Crippen LogP contribution in [0, 0.1) is 5.82 Å². The van der Waals surface area contributed by atoms with Crippen LogP contribution in [-0.4, -0.2) is 17.1 Å². The molecule has 3 aromatic carbocycles. The number of benzene rings is 3. The third kappa shape index (κ3) is 3.36. The fourth-order valence-corrected chi connectivity index (χ4v) is 3.24. The summed E-state index contributed by atoms with van der Waals surface area (Å²) in [5.41, 5.74) is 3.66. The molecule has 2 N–H and O–H groups in total. The summed E-state index contributed by atoms with van der Waals surface area (Å²) in [6, 6.07) is 17.4. The number of rotatable bonds is 5. The number of methoxy groups -OCH3 is 1. The lowest BCUT2D eigenvalue weighted by Gasteiger charge is -2.20. The Morgan fingerprint density at radius 3 is 2.39 bits per heavy atom. The zero-order valence-corrected chi connectivity index (χ0v) is 15.5. The predicted molar refractivity (Wildman–Crippen MR) is 106 cm³/mol. The number of imidazole rings is 1. The van der Waals surface area contributed by atoms with Gasteiger partial charge in [0.1, 0.15) is 23.4 Å². The van der Waals surface area contributed by atoms with E-state index in [2.05, 4.69) is 9.97 Å². The third-order valence-electron chi connectivity index (χ3n) is 4.66. The summed E-state index contributed by atoms with van der Waals surface area (Å²) in [4.78, 5) is 17.1. The molecular weight excluding hydrogens is 359 g/mol. The van der Waals surface area contributed by atoms with Gasteiger partial charge in [0.05, 0.1) is 23.7 Å². The summed E-state index contributed by atoms with van der Waals surface area (Å²) in [7, 11) is 1.60. The van der Waals surface area contributed by atoms with Crippen molar-refractivity contribution in [2.75, 3.05) is 7.11 Å². The summed E-state index contributed by atoms with van der Waals surface area (Å²) >= 11 is 0. The van der Waals surface area contributed by atoms with Gasteiger partial charge in [0.2, 0.25) is 0 Å². The van der Waals surface area contributed by atoms with Crippen LogP contribution in [0.15, 0.2) is 65.5 Å². The highest BCUT2D eigenvalue weighted by Crippen LogP contribution is 2.40. The molecule has 0 saturated heterocycles. The molecule has 1 atom stereocenters. The van der Waals surface area contributed by atoms with Gasteiger partial charge in [0.15, 0.2) is 0 Å². The van der Waals surface area contributed by atoms with Gasteiger partial charge in [-0.1, -0.05) is 24.3 Å². The summed E-state index contributed by atoms with van der Waals surface area (Å²) in [6.07, 6.45) is -0.290. The van der Waals surface area contributed by atoms with Crippen LogP contribution in [0.2, 0.25) is 0 Å². The zero-order valence-electron chi connectivity index (χ0n) is 15.5. The molecular formula is C22H19FN2O3. The van der Waals surface area contributed by atoms with E-state index in [9.17, 15) is 9.18 Å². The van der Waals surface area contributed by atoms with Gasteiger partial charge in [-0.05, 0) is 54.4 Å². The van der Waals surface area contributed by atoms with Crippen LogP contribution >= 0.6 is 0 Å². The maximum atomic E-state index is 13.2. The number of aromatic amines is 2. The van der Waals surface area contributed by atoms with Crippen LogP contribution in [0.4, 0.5) is 4.39 Å². The fraction of sp³-hybridized carbons (Fsp3) is 0.136. The standard InChI is InChI=1S/C22H19FN2O3/c1-13(14-6-9-16(23)10-7-14)28-20-5-3-4-19(27-2)21(20)15-8-11-17-18(12-15)25-22(26)24-17/h3-13H,1-2H3,(H2,24,25,26). The first kappa shape index (κ1) is 17.9. The molecule has 0 radical (unpaired) electrons. The Morgan fingerprint density at radius 1 is 0.929 bits per heavy atom. The van der Waals surface area contributed by atoms with E-state index < -0.39 is 0 Å². The quantitative estimate of drug-likeness (QED) is 0.524. The van der Waals surface area contributed by atoms with Gasteiger partial charge in [-0.2, -0.15) is 0 Å². The molecule has 0 aliphatic rings. The molecule has 1 aromatic heterocycles. The average molecular weight is 378 g/mol. The number of fused-ring (bicyclic) bond motifs is 1. The van der Waals surface area contributed by atoms with Crippen molar-refractivity contribution in [3.8, 4) is 22.6 Å². The molecule has 142 valence electrons. The number of hydrogen-bond donors (Lipinski definition) is 2. The number of nitrogens with one attached hydrogen (secondary N) is 2. The van der Waals surface area contributed by atoms with E-state index in [1.807, 2.05) is 43.3 Å². The second-order valence-corrected chi connectivity index (χ2v) is 6.48. The number of halogens is 1. The Labute approximate surface area is 160 Å². The van der Waals surface area contributed by atoms with Crippen molar-refractivity contribution in [2.45, 2.75) is 13.0 Å². The molecule has 1 unspecified atom stereocenters. The molecule has 4 rings (SSSR count). The van der Waals surface area contributed by atoms with Crippen molar-refractivity contribution >= 4 is 11.0 Å². The Kier molecular flexibility index (Phi) is 4.61. The molecule has 0 bridgehead atoms. The lowest BCUT2D eigenvalue weighted by Crippen LogP contribution is -2.04. The number of hydrogen-bond acceptors (Lipinski definition) is 3. The number of H-pyrrole nitrogens is 2. The Hall–Kier alpha value is -3.54. The van der Waals surface area contributed by atoms with Crippen LogP contribution in [-0.2, 0) is 0 Å². The molecule has 4 aromatic rings. The van der Waals surface area contributed by atoms with Crippen molar-refractivity contribution in [2.24, 2.45) is 0 Å². The second-order valence-electron chi connectivity index (χ2n) is 6.48. The van der Waals surface area contributed by atoms with E-state index in [1.165, 1.54) is 12.1 Å². The first-order chi connectivity index (χ1) is 13.5. The summed E-state index contributed by atoms with van der Waals surface area (Å²) in [5, 5.41) is 0. The van der Waals surface area contributed by atoms with Gasteiger partial charge in [0, 0.05) is 0 Å². The molecule has 0 saturated carbocycles. The highest BCUT2D eigenvalue weighted by molar-refractivity contribution is 5.85. The summed E-state index contributed by atoms with van der Waals surface area (Å²) in [6.45, 7) is 1.91. The largest absolute Gasteiger partial charge is 0.496 e. The van der Waals surface area contributed by atoms with Crippen LogP contribution in [0.1, 0.15) is 18.6 Å². The van der Waals surface area contributed by atoms with E-state index in [0.717, 1.165) is 22.2 Å². The topological polar surface area (TPSA) is 67.1 Å². The van der Waals surface area contributed by atoms with Crippen molar-refractivity contribution in [1.29, 1.82) is 0 Å². The number of aromatic nitrogens is 2. The molecule has 5 nitrogen and oxygen atoms in total. The van der Waals surface area contributed by atoms with E-state index in [0.29, 0.717) is 17.0 Å². The SMILES string of the molecule is COc1cccc(OC(C)c2ccc(F)cc2)c1-c1ccc2[nH]c(=O)[nH]c2c1. The highest BCUT2D eigenvalue weighted by Gasteiger charge is 2.17. The smallest absolute Gasteiger partial charge is 0.323 e. The van der Waals surface area contributed by atoms with Crippen molar-refractivity contribution in [1.82, 2.24) is 9.97 Å². The van der Waals surface area contributed by atoms with Crippen LogP contribution in [0.5, 0.6) is 11.5 Å². The first-order valence-electron chi connectivity index (χ1n) is 8.86. The van der Waals surface area contributed by atoms with Gasteiger partial charge in [0.25, 0.3) is 0 Å². The minimum absolute atomic E-state index is 0.256. The minimum atomic E-state index is -0.290. The minimum Gasteiger partial charge on any atom is -0.496 e. The predicted octanol–water partition coefficient (Wildman–Crippen LogP) is 4.81. The third-order valence-corrected chi connectivity index (χ3v) is 4.66. The first-order valence-corrected chi connectivity index (χ1v) is 8.86. The zero-order chi connectivity index (χ0) is 19.7. The van der Waals surface area contributed by atoms with Gasteiger partial charge < -0.3 is 19.4 Å². The average Bonchev–Trinajstić information content (AvgIpc) is 3.07. The lowest BCUT2D eigenvalue weighted by atomic mass is 10.0. The molecule has 6 heteroatoms. The van der Waals surface area contributed by atoms with Gasteiger partial charge in [-0.3, -0.25) is 0 Å². The molecule has 0 spiro atoms. The van der Waals surface area contributed by atoms with Crippen LogP contribution < -0.4 is 15.2 Å². The maximum absolute atomic E-state index is 13.2. The maximum Gasteiger partial charge on any atom is 0.323 e. The van der Waals surface area contributed by atoms with E-state index in [1.54, 1.807) is 19.2 Å². The normalized spacial score (nSPS) is 12.1. The van der Waals surface area contributed by atoms with Gasteiger partial charge >= 0.3 is 5.69 Å². The molecule has 0 aliphatic heterocycles. The van der Waals surface area contributed by atoms with Crippen LogP contribution in [0.3, 0.4) is 0 Å². The summed E-state index contributed by atoms with van der Waals surface area (Å²) in [5.74, 6) is 1.00. The lowest BCUT2D eigenvalue weighted by molar-refractivity contribution is 0.227. The van der Waals surface area contributed by atoms with E-state index >= 15 is 0 Å². The molecule has 1 heterocycles. The monoisotopic (exact) mass is 378 g/mol. The van der Waals surface area contributed by atoms with Gasteiger partial charge in [-0.25, -0.2) is 9.18 Å². The Bertz CT molecular complexity index is 1180. The molecule has 0 fully saturated rings. The Balaban J connectivity index is 1.77. The van der Waals surface area contributed by atoms with Crippen molar-refractivity contribution in [3.63, 3.8) is 0 Å². The van der Waals surface area contributed by atoms with E-state index in [-0.39, 0.29) is 17.6 Å². The molecule has 0 amide bonds. The van der Waals surface area contributed by atoms with Crippen LogP contribution in [0.25, 0.3) is 22.2 Å². The van der Waals surface area contributed by atoms with Gasteiger partial charge in [-0.15, -0.1) is 0 Å². The van der Waals surface area contributed by atoms with E-state index in [4.69, 9.17) is 9.47 Å². The molecule has 28 heavy (non-hydrogen) atoms. The Morgan fingerprint density at radius 2 is 1.64 bits per heavy atom. The fourth-order valence-electron chi connectivity index (χ4n) is 3.24. The highest BCUT2D eigenvalue weighted by atomic mass is 19.1. The van der Waals surface area contributed by atoms with Crippen molar-refractivity contribution < 1.29 is 13.9 Å². The number of ether oxygens (including phenoxy) is 2.